The van der Waals surface area contributed by atoms with Crippen LogP contribution in [0, 0.1) is 0 Å². The fourth-order valence-electron chi connectivity index (χ4n) is 3.48. The molecule has 11 heteroatoms. The summed E-state index contributed by atoms with van der Waals surface area (Å²) < 4.78 is 50.9. The zero-order chi connectivity index (χ0) is 24.7. The van der Waals surface area contributed by atoms with E-state index < -0.39 is 46.5 Å². The number of hydrogen-bond donors (Lipinski definition) is 1. The van der Waals surface area contributed by atoms with Crippen molar-refractivity contribution in [2.24, 2.45) is 0 Å². The standard InChI is InChI=1S/C23H26ClNO8S/c1-15(26)30-14-21-23(32-16(2)27)20(25-34(28,29)19-10-8-18(24)9-11-19)12-22(33-21)31-13-17-6-4-3-5-7-17/h3-11,20-23,25H,12-14H2,1-2H3/t20-,21+,22-,23-/m0/s1. The second-order valence-electron chi connectivity index (χ2n) is 7.69. The van der Waals surface area contributed by atoms with Crippen molar-refractivity contribution < 1.29 is 37.0 Å². The Hall–Kier alpha value is -2.50. The molecule has 0 aromatic heterocycles. The second-order valence-corrected chi connectivity index (χ2v) is 9.85. The first-order valence-corrected chi connectivity index (χ1v) is 12.4. The fraction of sp³-hybridized carbons (Fsp3) is 0.391. The molecule has 0 spiro atoms. The molecule has 1 heterocycles. The third kappa shape index (κ3) is 7.51. The average Bonchev–Trinajstić information content (AvgIpc) is 2.78. The highest BCUT2D eigenvalue weighted by atomic mass is 35.5. The predicted octanol–water partition coefficient (Wildman–Crippen LogP) is 2.81. The van der Waals surface area contributed by atoms with E-state index in [9.17, 15) is 18.0 Å². The van der Waals surface area contributed by atoms with Crippen LogP contribution in [-0.4, -0.2) is 51.5 Å². The van der Waals surface area contributed by atoms with Crippen molar-refractivity contribution in [2.45, 2.75) is 56.3 Å². The van der Waals surface area contributed by atoms with E-state index in [0.29, 0.717) is 5.02 Å². The van der Waals surface area contributed by atoms with Gasteiger partial charge in [-0.1, -0.05) is 41.9 Å². The maximum Gasteiger partial charge on any atom is 0.303 e. The number of hydrogen-bond acceptors (Lipinski definition) is 8. The number of sulfonamides is 1. The molecule has 184 valence electrons. The van der Waals surface area contributed by atoms with Gasteiger partial charge in [-0.15, -0.1) is 0 Å². The molecular weight excluding hydrogens is 486 g/mol. The molecule has 9 nitrogen and oxygen atoms in total. The van der Waals surface area contributed by atoms with Crippen molar-refractivity contribution >= 4 is 33.6 Å². The predicted molar refractivity (Wildman–Crippen MR) is 122 cm³/mol. The number of carbonyl (C=O) groups is 2. The van der Waals surface area contributed by atoms with E-state index in [4.69, 9.17) is 30.5 Å². The molecule has 0 amide bonds. The summed E-state index contributed by atoms with van der Waals surface area (Å²) in [6, 6.07) is 14.1. The first-order chi connectivity index (χ1) is 16.1. The summed E-state index contributed by atoms with van der Waals surface area (Å²) in [5.41, 5.74) is 0.892. The van der Waals surface area contributed by atoms with E-state index in [2.05, 4.69) is 4.72 Å². The average molecular weight is 512 g/mol. The lowest BCUT2D eigenvalue weighted by Crippen LogP contribution is -2.58. The van der Waals surface area contributed by atoms with Crippen molar-refractivity contribution in [1.82, 2.24) is 4.72 Å². The maximum atomic E-state index is 13.0. The van der Waals surface area contributed by atoms with Gasteiger partial charge in [-0.2, -0.15) is 0 Å². The molecule has 2 aromatic rings. The first kappa shape index (κ1) is 26.1. The summed E-state index contributed by atoms with van der Waals surface area (Å²) in [5, 5.41) is 0.388. The van der Waals surface area contributed by atoms with Crippen LogP contribution in [0.3, 0.4) is 0 Å². The highest BCUT2D eigenvalue weighted by Crippen LogP contribution is 2.27. The lowest BCUT2D eigenvalue weighted by molar-refractivity contribution is -0.247. The minimum absolute atomic E-state index is 0.0109. The Labute approximate surface area is 203 Å². The van der Waals surface area contributed by atoms with Crippen LogP contribution in [0.2, 0.25) is 5.02 Å². The van der Waals surface area contributed by atoms with E-state index >= 15 is 0 Å². The van der Waals surface area contributed by atoms with Crippen LogP contribution >= 0.6 is 11.6 Å². The molecule has 34 heavy (non-hydrogen) atoms. The van der Waals surface area contributed by atoms with E-state index in [-0.39, 0.29) is 24.5 Å². The quantitative estimate of drug-likeness (QED) is 0.511. The van der Waals surface area contributed by atoms with Crippen LogP contribution in [-0.2, 0) is 45.2 Å². The van der Waals surface area contributed by atoms with Gasteiger partial charge in [0.25, 0.3) is 0 Å². The Bertz CT molecular complexity index is 1080. The molecule has 0 unspecified atom stereocenters. The van der Waals surface area contributed by atoms with E-state index in [1.54, 1.807) is 0 Å². The number of esters is 2. The smallest absolute Gasteiger partial charge is 0.303 e. The summed E-state index contributed by atoms with van der Waals surface area (Å²) in [4.78, 5) is 23.2. The normalized spacial score (nSPS) is 22.7. The molecule has 0 aliphatic carbocycles. The Balaban J connectivity index is 1.84. The van der Waals surface area contributed by atoms with Crippen molar-refractivity contribution in [1.29, 1.82) is 0 Å². The number of ether oxygens (including phenoxy) is 4. The number of benzene rings is 2. The summed E-state index contributed by atoms with van der Waals surface area (Å²) >= 11 is 5.87. The van der Waals surface area contributed by atoms with Crippen LogP contribution in [0.4, 0.5) is 0 Å². The Morgan fingerprint density at radius 3 is 2.35 bits per heavy atom. The van der Waals surface area contributed by atoms with Crippen molar-refractivity contribution in [3.8, 4) is 0 Å². The van der Waals surface area contributed by atoms with Gasteiger partial charge < -0.3 is 18.9 Å². The lowest BCUT2D eigenvalue weighted by Gasteiger charge is -2.40. The van der Waals surface area contributed by atoms with Gasteiger partial charge in [0.05, 0.1) is 17.5 Å². The van der Waals surface area contributed by atoms with Crippen LogP contribution in [0.5, 0.6) is 0 Å². The maximum absolute atomic E-state index is 13.0. The van der Waals surface area contributed by atoms with Crippen molar-refractivity contribution in [2.75, 3.05) is 6.61 Å². The zero-order valence-corrected chi connectivity index (χ0v) is 20.3. The van der Waals surface area contributed by atoms with Crippen LogP contribution in [0.15, 0.2) is 59.5 Å². The minimum Gasteiger partial charge on any atom is -0.463 e. The Morgan fingerprint density at radius 1 is 1.06 bits per heavy atom. The van der Waals surface area contributed by atoms with Crippen molar-refractivity contribution in [3.63, 3.8) is 0 Å². The van der Waals surface area contributed by atoms with Gasteiger partial charge in [-0.3, -0.25) is 9.59 Å². The summed E-state index contributed by atoms with van der Waals surface area (Å²) in [7, 11) is -4.01. The second kappa shape index (κ2) is 11.8. The van der Waals surface area contributed by atoms with Gasteiger partial charge >= 0.3 is 11.9 Å². The Kier molecular flexibility index (Phi) is 9.03. The van der Waals surface area contributed by atoms with E-state index in [1.165, 1.54) is 38.1 Å². The molecule has 1 aliphatic heterocycles. The summed E-state index contributed by atoms with van der Waals surface area (Å²) in [5.74, 6) is -1.20. The van der Waals surface area contributed by atoms with Crippen LogP contribution in [0.1, 0.15) is 25.8 Å². The molecule has 1 aliphatic rings. The number of nitrogens with one attached hydrogen (secondary N) is 1. The van der Waals surface area contributed by atoms with Gasteiger partial charge in [-0.25, -0.2) is 13.1 Å². The van der Waals surface area contributed by atoms with Crippen LogP contribution in [0.25, 0.3) is 0 Å². The molecule has 1 N–H and O–H groups in total. The third-order valence-corrected chi connectivity index (χ3v) is 6.76. The molecular formula is C23H26ClNO8S. The van der Waals surface area contributed by atoms with Gasteiger partial charge in [0.2, 0.25) is 10.0 Å². The van der Waals surface area contributed by atoms with Crippen molar-refractivity contribution in [3.05, 3.63) is 65.2 Å². The SMILES string of the molecule is CC(=O)OC[C@H]1O[C@H](OCc2ccccc2)C[C@H](NS(=O)(=O)c2ccc(Cl)cc2)[C@@H]1OC(C)=O. The lowest BCUT2D eigenvalue weighted by atomic mass is 9.99. The molecule has 0 bridgehead atoms. The number of rotatable bonds is 9. The molecule has 0 saturated carbocycles. The minimum atomic E-state index is -4.01. The molecule has 3 rings (SSSR count). The van der Waals surface area contributed by atoms with Gasteiger partial charge in [0, 0.05) is 25.3 Å². The first-order valence-electron chi connectivity index (χ1n) is 10.5. The monoisotopic (exact) mass is 511 g/mol. The van der Waals surface area contributed by atoms with Gasteiger partial charge in [-0.05, 0) is 29.8 Å². The highest BCUT2D eigenvalue weighted by molar-refractivity contribution is 7.89. The molecule has 4 atom stereocenters. The van der Waals surface area contributed by atoms with E-state index in [0.717, 1.165) is 5.56 Å². The van der Waals surface area contributed by atoms with Gasteiger partial charge in [0.15, 0.2) is 6.29 Å². The molecule has 0 radical (unpaired) electrons. The number of halogens is 1. The van der Waals surface area contributed by atoms with Crippen LogP contribution < -0.4 is 4.72 Å². The molecule has 1 saturated heterocycles. The highest BCUT2D eigenvalue weighted by Gasteiger charge is 2.44. The Morgan fingerprint density at radius 2 is 1.74 bits per heavy atom. The van der Waals surface area contributed by atoms with E-state index in [1.807, 2.05) is 30.3 Å². The number of carbonyl (C=O) groups excluding carboxylic acids is 2. The largest absolute Gasteiger partial charge is 0.463 e. The summed E-state index contributed by atoms with van der Waals surface area (Å²) in [6.45, 7) is 2.39. The summed E-state index contributed by atoms with van der Waals surface area (Å²) in [6.07, 6.45) is -2.82. The zero-order valence-electron chi connectivity index (χ0n) is 18.7. The third-order valence-electron chi connectivity index (χ3n) is 5.00. The topological polar surface area (TPSA) is 117 Å². The fourth-order valence-corrected chi connectivity index (χ4v) is 4.86. The van der Waals surface area contributed by atoms with Gasteiger partial charge in [0.1, 0.15) is 18.8 Å². The molecule has 2 aromatic carbocycles. The molecule has 1 fully saturated rings.